The number of hydrogen-bond acceptors (Lipinski definition) is 4. The maximum absolute atomic E-state index is 12.4. The number of fused-ring (bicyclic) bond motifs is 1. The number of aryl methyl sites for hydroxylation is 1. The van der Waals surface area contributed by atoms with Crippen molar-refractivity contribution in [3.8, 4) is 0 Å². The molecule has 0 spiro atoms. The molecule has 6 heteroatoms. The first kappa shape index (κ1) is 16.0. The van der Waals surface area contributed by atoms with Gasteiger partial charge >= 0.3 is 0 Å². The summed E-state index contributed by atoms with van der Waals surface area (Å²) in [5, 5.41) is 5.62. The van der Waals surface area contributed by atoms with E-state index in [1.807, 2.05) is 23.6 Å². The van der Waals surface area contributed by atoms with Crippen molar-refractivity contribution < 1.29 is 4.79 Å². The Bertz CT molecular complexity index is 944. The predicted molar refractivity (Wildman–Crippen MR) is 98.5 cm³/mol. The van der Waals surface area contributed by atoms with Crippen LogP contribution in [-0.4, -0.2) is 15.5 Å². The number of benzene rings is 1. The van der Waals surface area contributed by atoms with Crippen LogP contribution in [0, 0.1) is 5.92 Å². The molecule has 1 aromatic carbocycles. The van der Waals surface area contributed by atoms with Crippen molar-refractivity contribution in [2.45, 2.75) is 31.8 Å². The summed E-state index contributed by atoms with van der Waals surface area (Å²) in [6, 6.07) is 11.9. The Kier molecular flexibility index (Phi) is 4.36. The molecule has 5 nitrogen and oxygen atoms in total. The Morgan fingerprint density at radius 2 is 2.08 bits per heavy atom. The van der Waals surface area contributed by atoms with Crippen LogP contribution in [0.3, 0.4) is 0 Å². The van der Waals surface area contributed by atoms with Crippen LogP contribution in [0.5, 0.6) is 0 Å². The fraction of sp³-hybridized carbons (Fsp3) is 0.316. The van der Waals surface area contributed by atoms with Crippen LogP contribution in [0.2, 0.25) is 0 Å². The van der Waals surface area contributed by atoms with Gasteiger partial charge in [-0.15, -0.1) is 11.3 Å². The van der Waals surface area contributed by atoms with Crippen LogP contribution < -0.4 is 10.9 Å². The van der Waals surface area contributed by atoms with E-state index in [1.165, 1.54) is 22.2 Å². The second kappa shape index (κ2) is 6.80. The first-order valence-electron chi connectivity index (χ1n) is 8.49. The minimum Gasteiger partial charge on any atom is -0.349 e. The maximum Gasteiger partial charge on any atom is 0.262 e. The van der Waals surface area contributed by atoms with E-state index in [9.17, 15) is 9.59 Å². The molecule has 1 aliphatic rings. The summed E-state index contributed by atoms with van der Waals surface area (Å²) < 4.78 is 1.52. The van der Waals surface area contributed by atoms with Crippen LogP contribution in [0.4, 0.5) is 0 Å². The molecule has 4 rings (SSSR count). The third-order valence-corrected chi connectivity index (χ3v) is 5.42. The molecule has 0 aliphatic heterocycles. The Labute approximate surface area is 149 Å². The maximum atomic E-state index is 12.4. The zero-order valence-electron chi connectivity index (χ0n) is 13.7. The van der Waals surface area contributed by atoms with Crippen molar-refractivity contribution in [3.05, 3.63) is 64.0 Å². The number of nitrogens with one attached hydrogen (secondary N) is 1. The van der Waals surface area contributed by atoms with E-state index < -0.39 is 0 Å². The molecule has 0 bridgehead atoms. The van der Waals surface area contributed by atoms with E-state index in [0.29, 0.717) is 17.8 Å². The van der Waals surface area contributed by atoms with E-state index in [0.717, 1.165) is 23.2 Å². The number of thiophene rings is 1. The summed E-state index contributed by atoms with van der Waals surface area (Å²) in [4.78, 5) is 29.8. The fourth-order valence-electron chi connectivity index (χ4n) is 3.08. The van der Waals surface area contributed by atoms with Crippen LogP contribution in [0.15, 0.2) is 52.9 Å². The van der Waals surface area contributed by atoms with Crippen LogP contribution in [0.25, 0.3) is 10.2 Å². The third kappa shape index (κ3) is 3.49. The van der Waals surface area contributed by atoms with Gasteiger partial charge in [-0.05, 0) is 35.8 Å². The van der Waals surface area contributed by atoms with Gasteiger partial charge < -0.3 is 5.32 Å². The monoisotopic (exact) mass is 353 g/mol. The largest absolute Gasteiger partial charge is 0.349 e. The number of carbonyl (C=O) groups is 1. The minimum atomic E-state index is -0.0825. The van der Waals surface area contributed by atoms with Gasteiger partial charge in [-0.1, -0.05) is 30.3 Å². The Morgan fingerprint density at radius 1 is 1.28 bits per heavy atom. The lowest BCUT2D eigenvalue weighted by Gasteiger charge is -2.19. The van der Waals surface area contributed by atoms with Crippen molar-refractivity contribution in [1.82, 2.24) is 14.9 Å². The van der Waals surface area contributed by atoms with Crippen molar-refractivity contribution in [1.29, 1.82) is 0 Å². The molecule has 1 amide bonds. The summed E-state index contributed by atoms with van der Waals surface area (Å²) in [6.07, 6.45) is 4.10. The van der Waals surface area contributed by atoms with Gasteiger partial charge in [0.2, 0.25) is 5.91 Å². The quantitative estimate of drug-likeness (QED) is 0.740. The summed E-state index contributed by atoms with van der Waals surface area (Å²) in [5.41, 5.74) is 1.07. The second-order valence-corrected chi connectivity index (χ2v) is 7.32. The van der Waals surface area contributed by atoms with E-state index in [2.05, 4.69) is 22.4 Å². The smallest absolute Gasteiger partial charge is 0.262 e. The highest BCUT2D eigenvalue weighted by Gasteiger charge is 2.33. The van der Waals surface area contributed by atoms with E-state index in [4.69, 9.17) is 0 Å². The van der Waals surface area contributed by atoms with Crippen LogP contribution in [-0.2, 0) is 11.3 Å². The molecule has 2 aromatic heterocycles. The molecule has 1 saturated carbocycles. The number of aromatic nitrogens is 2. The van der Waals surface area contributed by atoms with Gasteiger partial charge in [0.25, 0.3) is 5.56 Å². The van der Waals surface area contributed by atoms with Gasteiger partial charge in [-0.25, -0.2) is 4.98 Å². The van der Waals surface area contributed by atoms with Crippen LogP contribution >= 0.6 is 11.3 Å². The van der Waals surface area contributed by atoms with Gasteiger partial charge in [-0.2, -0.15) is 0 Å². The lowest BCUT2D eigenvalue weighted by Crippen LogP contribution is -2.31. The van der Waals surface area contributed by atoms with Crippen molar-refractivity contribution >= 4 is 27.5 Å². The fourth-order valence-corrected chi connectivity index (χ4v) is 3.81. The molecule has 1 aliphatic carbocycles. The average molecular weight is 353 g/mol. The summed E-state index contributed by atoms with van der Waals surface area (Å²) >= 11 is 1.45. The second-order valence-electron chi connectivity index (χ2n) is 6.43. The van der Waals surface area contributed by atoms with Gasteiger partial charge in [-0.3, -0.25) is 14.2 Å². The van der Waals surface area contributed by atoms with Crippen LogP contribution in [0.1, 0.15) is 30.9 Å². The summed E-state index contributed by atoms with van der Waals surface area (Å²) in [7, 11) is 0. The summed E-state index contributed by atoms with van der Waals surface area (Å²) in [6.45, 7) is 0.343. The van der Waals surface area contributed by atoms with Crippen molar-refractivity contribution in [3.63, 3.8) is 0 Å². The van der Waals surface area contributed by atoms with Crippen molar-refractivity contribution in [2.75, 3.05) is 0 Å². The van der Waals surface area contributed by atoms with E-state index in [-0.39, 0.29) is 23.9 Å². The van der Waals surface area contributed by atoms with Gasteiger partial charge in [0.15, 0.2) is 0 Å². The molecule has 0 radical (unpaired) electrons. The van der Waals surface area contributed by atoms with Gasteiger partial charge in [0.05, 0.1) is 17.8 Å². The Balaban J connectivity index is 1.43. The lowest BCUT2D eigenvalue weighted by atomic mass is 10.0. The first-order chi connectivity index (χ1) is 12.2. The highest BCUT2D eigenvalue weighted by atomic mass is 32.1. The number of nitrogens with zero attached hydrogens (tertiary/aromatic N) is 2. The molecule has 1 atom stereocenters. The van der Waals surface area contributed by atoms with E-state index >= 15 is 0 Å². The molecule has 1 N–H and O–H groups in total. The Morgan fingerprint density at radius 3 is 2.84 bits per heavy atom. The van der Waals surface area contributed by atoms with Gasteiger partial charge in [0, 0.05) is 13.0 Å². The minimum absolute atomic E-state index is 0.0296. The molecule has 128 valence electrons. The zero-order chi connectivity index (χ0) is 17.2. The topological polar surface area (TPSA) is 64.0 Å². The SMILES string of the molecule is O=C(CCn1cnc2sccc2c1=O)NC(c1ccccc1)C1CC1. The van der Waals surface area contributed by atoms with Crippen molar-refractivity contribution in [2.24, 2.45) is 5.92 Å². The molecule has 25 heavy (non-hydrogen) atoms. The molecule has 3 aromatic rings. The number of rotatable bonds is 6. The number of hydrogen-bond donors (Lipinski definition) is 1. The zero-order valence-corrected chi connectivity index (χ0v) is 14.5. The highest BCUT2D eigenvalue weighted by Crippen LogP contribution is 2.40. The molecule has 1 unspecified atom stereocenters. The van der Waals surface area contributed by atoms with E-state index in [1.54, 1.807) is 6.07 Å². The standard InChI is InChI=1S/C19H19N3O2S/c23-16(21-17(14-6-7-14)13-4-2-1-3-5-13)8-10-22-12-20-18-15(19(22)24)9-11-25-18/h1-5,9,11-12,14,17H,6-8,10H2,(H,21,23). The molecule has 2 heterocycles. The normalized spacial score (nSPS) is 15.2. The summed E-state index contributed by atoms with van der Waals surface area (Å²) in [5.74, 6) is 0.496. The Hall–Kier alpha value is -2.47. The molecule has 0 saturated heterocycles. The predicted octanol–water partition coefficient (Wildman–Crippen LogP) is 3.12. The average Bonchev–Trinajstić information content (AvgIpc) is 3.36. The first-order valence-corrected chi connectivity index (χ1v) is 9.37. The number of carbonyl (C=O) groups excluding carboxylic acids is 1. The lowest BCUT2D eigenvalue weighted by molar-refractivity contribution is -0.122. The highest BCUT2D eigenvalue weighted by molar-refractivity contribution is 7.16. The molecular formula is C19H19N3O2S. The molecule has 1 fully saturated rings. The third-order valence-electron chi connectivity index (χ3n) is 4.60. The van der Waals surface area contributed by atoms with Gasteiger partial charge in [0.1, 0.15) is 4.83 Å². The molecular weight excluding hydrogens is 334 g/mol. The number of amides is 1.